The molecule has 0 aliphatic carbocycles. The average molecular weight is 266 g/mol. The number of benzene rings is 2. The molecule has 2 aromatic carbocycles. The Kier molecular flexibility index (Phi) is 2.97. The maximum absolute atomic E-state index is 5.25. The normalized spacial score (nSPS) is 11.8. The number of imidazole rings is 1. The van der Waals surface area contributed by atoms with Crippen molar-refractivity contribution in [1.29, 1.82) is 0 Å². The predicted octanol–water partition coefficient (Wildman–Crippen LogP) is 3.90. The second-order valence-corrected chi connectivity index (χ2v) is 5.46. The molecule has 0 aliphatic heterocycles. The third-order valence-electron chi connectivity index (χ3n) is 3.78. The van der Waals surface area contributed by atoms with E-state index in [1.54, 1.807) is 7.11 Å². The number of nitrogens with one attached hydrogen (secondary N) is 1. The van der Waals surface area contributed by atoms with Crippen LogP contribution < -0.4 is 4.74 Å². The summed E-state index contributed by atoms with van der Waals surface area (Å²) in [6, 6.07) is 16.3. The van der Waals surface area contributed by atoms with Crippen molar-refractivity contribution in [1.82, 2.24) is 9.97 Å². The molecule has 102 valence electrons. The van der Waals surface area contributed by atoms with Crippen LogP contribution in [0.4, 0.5) is 0 Å². The smallest absolute Gasteiger partial charge is 0.121 e. The van der Waals surface area contributed by atoms with Gasteiger partial charge in [0.25, 0.3) is 0 Å². The van der Waals surface area contributed by atoms with E-state index < -0.39 is 0 Å². The van der Waals surface area contributed by atoms with Crippen LogP contribution in [0.2, 0.25) is 0 Å². The molecule has 0 bridgehead atoms. The minimum atomic E-state index is -0.159. The SMILES string of the molecule is COc1ccc2nc(C(C)(C)c3ccccc3)[nH]c2c1. The van der Waals surface area contributed by atoms with Gasteiger partial charge in [-0.2, -0.15) is 0 Å². The van der Waals surface area contributed by atoms with Crippen molar-refractivity contribution in [3.8, 4) is 5.75 Å². The fourth-order valence-electron chi connectivity index (χ4n) is 2.40. The van der Waals surface area contributed by atoms with Crippen LogP contribution in [0.25, 0.3) is 11.0 Å². The van der Waals surface area contributed by atoms with E-state index >= 15 is 0 Å². The maximum atomic E-state index is 5.25. The summed E-state index contributed by atoms with van der Waals surface area (Å²) in [5, 5.41) is 0. The largest absolute Gasteiger partial charge is 0.497 e. The van der Waals surface area contributed by atoms with Crippen molar-refractivity contribution in [3.05, 3.63) is 59.9 Å². The molecule has 0 saturated carbocycles. The second kappa shape index (κ2) is 4.67. The Morgan fingerprint density at radius 1 is 1.05 bits per heavy atom. The van der Waals surface area contributed by atoms with Crippen molar-refractivity contribution in [2.24, 2.45) is 0 Å². The first-order chi connectivity index (χ1) is 9.61. The van der Waals surface area contributed by atoms with E-state index in [2.05, 4.69) is 43.1 Å². The van der Waals surface area contributed by atoms with Gasteiger partial charge >= 0.3 is 0 Å². The topological polar surface area (TPSA) is 37.9 Å². The molecule has 1 aromatic heterocycles. The first kappa shape index (κ1) is 12.7. The van der Waals surface area contributed by atoms with Gasteiger partial charge in [-0.1, -0.05) is 30.3 Å². The summed E-state index contributed by atoms with van der Waals surface area (Å²) in [7, 11) is 1.67. The molecule has 0 atom stereocenters. The van der Waals surface area contributed by atoms with E-state index in [4.69, 9.17) is 9.72 Å². The number of fused-ring (bicyclic) bond motifs is 1. The zero-order valence-corrected chi connectivity index (χ0v) is 12.0. The maximum Gasteiger partial charge on any atom is 0.121 e. The number of H-pyrrole nitrogens is 1. The highest BCUT2D eigenvalue weighted by Gasteiger charge is 2.26. The van der Waals surface area contributed by atoms with E-state index in [1.165, 1.54) is 5.56 Å². The quantitative estimate of drug-likeness (QED) is 0.780. The molecular weight excluding hydrogens is 248 g/mol. The lowest BCUT2D eigenvalue weighted by Gasteiger charge is -2.22. The molecule has 1 heterocycles. The molecular formula is C17H18N2O. The number of aromatic nitrogens is 2. The molecule has 0 fully saturated rings. The van der Waals surface area contributed by atoms with Gasteiger partial charge in [0, 0.05) is 11.5 Å². The highest BCUT2D eigenvalue weighted by Crippen LogP contribution is 2.31. The highest BCUT2D eigenvalue weighted by molar-refractivity contribution is 5.77. The number of hydrogen-bond acceptors (Lipinski definition) is 2. The molecule has 0 radical (unpaired) electrons. The summed E-state index contributed by atoms with van der Waals surface area (Å²) in [6.07, 6.45) is 0. The third kappa shape index (κ3) is 2.05. The number of rotatable bonds is 3. The molecule has 3 aromatic rings. The van der Waals surface area contributed by atoms with Crippen molar-refractivity contribution in [2.45, 2.75) is 19.3 Å². The zero-order chi connectivity index (χ0) is 14.2. The Morgan fingerprint density at radius 2 is 1.80 bits per heavy atom. The van der Waals surface area contributed by atoms with Crippen LogP contribution in [0.3, 0.4) is 0 Å². The summed E-state index contributed by atoms with van der Waals surface area (Å²) in [5.41, 5.74) is 3.05. The monoisotopic (exact) mass is 266 g/mol. The number of nitrogens with zero attached hydrogens (tertiary/aromatic N) is 1. The Hall–Kier alpha value is -2.29. The fraction of sp³-hybridized carbons (Fsp3) is 0.235. The lowest BCUT2D eigenvalue weighted by Crippen LogP contribution is -2.20. The molecule has 0 amide bonds. The van der Waals surface area contributed by atoms with Crippen LogP contribution in [0.1, 0.15) is 25.2 Å². The molecule has 0 unspecified atom stereocenters. The Balaban J connectivity index is 2.10. The average Bonchev–Trinajstić information content (AvgIpc) is 2.91. The van der Waals surface area contributed by atoms with Gasteiger partial charge in [0.1, 0.15) is 11.6 Å². The molecule has 20 heavy (non-hydrogen) atoms. The summed E-state index contributed by atoms with van der Waals surface area (Å²) in [4.78, 5) is 8.14. The van der Waals surface area contributed by atoms with E-state index in [-0.39, 0.29) is 5.41 Å². The van der Waals surface area contributed by atoms with Crippen molar-refractivity contribution in [3.63, 3.8) is 0 Å². The lowest BCUT2D eigenvalue weighted by atomic mass is 9.84. The molecule has 3 heteroatoms. The van der Waals surface area contributed by atoms with Crippen molar-refractivity contribution < 1.29 is 4.74 Å². The van der Waals surface area contributed by atoms with Crippen LogP contribution >= 0.6 is 0 Å². The van der Waals surface area contributed by atoms with Gasteiger partial charge in [0.2, 0.25) is 0 Å². The highest BCUT2D eigenvalue weighted by atomic mass is 16.5. The summed E-state index contributed by atoms with van der Waals surface area (Å²) in [6.45, 7) is 4.36. The number of hydrogen-bond donors (Lipinski definition) is 1. The summed E-state index contributed by atoms with van der Waals surface area (Å²) >= 11 is 0. The van der Waals surface area contributed by atoms with Gasteiger partial charge in [-0.25, -0.2) is 4.98 Å². The minimum absolute atomic E-state index is 0.159. The van der Waals surface area contributed by atoms with Gasteiger partial charge < -0.3 is 9.72 Å². The fourth-order valence-corrected chi connectivity index (χ4v) is 2.40. The molecule has 0 spiro atoms. The Labute approximate surface area is 118 Å². The first-order valence-corrected chi connectivity index (χ1v) is 6.71. The Bertz CT molecular complexity index is 729. The number of methoxy groups -OCH3 is 1. The number of ether oxygens (including phenoxy) is 1. The Morgan fingerprint density at radius 3 is 2.50 bits per heavy atom. The van der Waals surface area contributed by atoms with E-state index in [1.807, 2.05) is 24.3 Å². The standard InChI is InChI=1S/C17H18N2O/c1-17(2,12-7-5-4-6-8-12)16-18-14-10-9-13(20-3)11-15(14)19-16/h4-11H,1-3H3,(H,18,19). The predicted molar refractivity (Wildman–Crippen MR) is 81.2 cm³/mol. The van der Waals surface area contributed by atoms with Gasteiger partial charge in [-0.15, -0.1) is 0 Å². The third-order valence-corrected chi connectivity index (χ3v) is 3.78. The van der Waals surface area contributed by atoms with Gasteiger partial charge in [0.05, 0.1) is 18.1 Å². The second-order valence-electron chi connectivity index (χ2n) is 5.46. The van der Waals surface area contributed by atoms with Crippen LogP contribution in [-0.2, 0) is 5.41 Å². The van der Waals surface area contributed by atoms with Crippen LogP contribution in [0.5, 0.6) is 5.75 Å². The van der Waals surface area contributed by atoms with Gasteiger partial charge in [-0.05, 0) is 31.5 Å². The molecule has 0 aliphatic rings. The van der Waals surface area contributed by atoms with Crippen molar-refractivity contribution in [2.75, 3.05) is 7.11 Å². The van der Waals surface area contributed by atoms with Crippen LogP contribution in [-0.4, -0.2) is 17.1 Å². The molecule has 1 N–H and O–H groups in total. The van der Waals surface area contributed by atoms with Crippen LogP contribution in [0.15, 0.2) is 48.5 Å². The summed E-state index contributed by atoms with van der Waals surface area (Å²) in [5.74, 6) is 1.80. The summed E-state index contributed by atoms with van der Waals surface area (Å²) < 4.78 is 5.25. The first-order valence-electron chi connectivity index (χ1n) is 6.71. The van der Waals surface area contributed by atoms with Crippen LogP contribution in [0, 0.1) is 0 Å². The van der Waals surface area contributed by atoms with Crippen molar-refractivity contribution >= 4 is 11.0 Å². The molecule has 0 saturated heterocycles. The van der Waals surface area contributed by atoms with E-state index in [0.29, 0.717) is 0 Å². The number of aromatic amines is 1. The molecule has 3 rings (SSSR count). The van der Waals surface area contributed by atoms with E-state index in [0.717, 1.165) is 22.6 Å². The lowest BCUT2D eigenvalue weighted by molar-refractivity contribution is 0.415. The van der Waals surface area contributed by atoms with E-state index in [9.17, 15) is 0 Å². The van der Waals surface area contributed by atoms with Gasteiger partial charge in [-0.3, -0.25) is 0 Å². The zero-order valence-electron chi connectivity index (χ0n) is 12.0. The van der Waals surface area contributed by atoms with Gasteiger partial charge in [0.15, 0.2) is 0 Å². The molecule has 3 nitrogen and oxygen atoms in total. The minimum Gasteiger partial charge on any atom is -0.497 e.